The van der Waals surface area contributed by atoms with Crippen molar-refractivity contribution in [1.82, 2.24) is 4.98 Å². The smallest absolute Gasteiger partial charge is 0.383 e. The molecule has 7 heteroatoms. The Balaban J connectivity index is 2.51. The molecule has 1 atom stereocenters. The van der Waals surface area contributed by atoms with Crippen molar-refractivity contribution in [2.45, 2.75) is 12.3 Å². The average Bonchev–Trinajstić information content (AvgIpc) is 2.37. The van der Waals surface area contributed by atoms with E-state index in [0.29, 0.717) is 12.1 Å². The topological polar surface area (TPSA) is 33.1 Å². The molecule has 0 aliphatic heterocycles. The summed E-state index contributed by atoms with van der Waals surface area (Å²) < 4.78 is 64.7. The molecular weight excluding hydrogens is 281 g/mol. The van der Waals surface area contributed by atoms with E-state index in [1.54, 1.807) is 0 Å². The largest absolute Gasteiger partial charge is 0.416 e. The van der Waals surface area contributed by atoms with Crippen molar-refractivity contribution >= 4 is 0 Å². The Morgan fingerprint density at radius 1 is 1.05 bits per heavy atom. The van der Waals surface area contributed by atoms with Gasteiger partial charge in [-0.05, 0) is 12.1 Å². The van der Waals surface area contributed by atoms with Gasteiger partial charge in [0.05, 0.1) is 5.56 Å². The first-order valence-corrected chi connectivity index (χ1v) is 5.45. The highest BCUT2D eigenvalue weighted by atomic mass is 19.4. The van der Waals surface area contributed by atoms with Crippen LogP contribution in [0.1, 0.15) is 22.8 Å². The first-order valence-electron chi connectivity index (χ1n) is 5.45. The number of pyridine rings is 1. The molecule has 0 amide bonds. The van der Waals surface area contributed by atoms with Gasteiger partial charge in [0, 0.05) is 29.6 Å². The zero-order chi connectivity index (χ0) is 14.9. The highest BCUT2D eigenvalue weighted by molar-refractivity contribution is 5.36. The van der Waals surface area contributed by atoms with E-state index in [-0.39, 0.29) is 0 Å². The van der Waals surface area contributed by atoms with Crippen LogP contribution in [0.4, 0.5) is 22.0 Å². The van der Waals surface area contributed by atoms with Crippen molar-refractivity contribution in [3.8, 4) is 0 Å². The quantitative estimate of drug-likeness (QED) is 0.859. The van der Waals surface area contributed by atoms with Crippen molar-refractivity contribution < 1.29 is 27.1 Å². The lowest BCUT2D eigenvalue weighted by atomic mass is 9.98. The maximum Gasteiger partial charge on any atom is 0.416 e. The average molecular weight is 289 g/mol. The zero-order valence-corrected chi connectivity index (χ0v) is 9.83. The van der Waals surface area contributed by atoms with Crippen LogP contribution in [0.2, 0.25) is 0 Å². The molecule has 0 aliphatic rings. The molecule has 2 nitrogen and oxygen atoms in total. The van der Waals surface area contributed by atoms with Crippen molar-refractivity contribution in [2.24, 2.45) is 0 Å². The number of nitrogens with zero attached hydrogens (tertiary/aromatic N) is 1. The molecule has 1 aromatic carbocycles. The molecule has 0 aliphatic carbocycles. The monoisotopic (exact) mass is 289 g/mol. The highest BCUT2D eigenvalue weighted by Gasteiger charge is 2.35. The Morgan fingerprint density at radius 2 is 1.75 bits per heavy atom. The van der Waals surface area contributed by atoms with Gasteiger partial charge in [-0.25, -0.2) is 8.78 Å². The van der Waals surface area contributed by atoms with Crippen LogP contribution in [0.3, 0.4) is 0 Å². The van der Waals surface area contributed by atoms with Crippen LogP contribution >= 0.6 is 0 Å². The van der Waals surface area contributed by atoms with Crippen LogP contribution in [-0.4, -0.2) is 10.1 Å². The molecule has 0 spiro atoms. The van der Waals surface area contributed by atoms with Crippen LogP contribution in [-0.2, 0) is 6.18 Å². The molecule has 1 unspecified atom stereocenters. The SMILES string of the molecule is OC(c1ccc(F)cc1F)c1cnccc1C(F)(F)F. The number of halogens is 5. The minimum atomic E-state index is -4.71. The molecule has 0 bridgehead atoms. The van der Waals surface area contributed by atoms with Gasteiger partial charge in [-0.2, -0.15) is 13.2 Å². The van der Waals surface area contributed by atoms with E-state index >= 15 is 0 Å². The number of aliphatic hydroxyl groups excluding tert-OH is 1. The van der Waals surface area contributed by atoms with E-state index in [0.717, 1.165) is 24.5 Å². The van der Waals surface area contributed by atoms with Crippen LogP contribution in [0.15, 0.2) is 36.7 Å². The highest BCUT2D eigenvalue weighted by Crippen LogP contribution is 2.36. The van der Waals surface area contributed by atoms with Crippen LogP contribution in [0.25, 0.3) is 0 Å². The van der Waals surface area contributed by atoms with Crippen molar-refractivity contribution in [3.63, 3.8) is 0 Å². The Bertz CT molecular complexity index is 626. The maximum absolute atomic E-state index is 13.5. The van der Waals surface area contributed by atoms with Gasteiger partial charge in [0.25, 0.3) is 0 Å². The normalized spacial score (nSPS) is 13.3. The molecular formula is C13H8F5NO. The summed E-state index contributed by atoms with van der Waals surface area (Å²) >= 11 is 0. The van der Waals surface area contributed by atoms with Crippen molar-refractivity contribution in [1.29, 1.82) is 0 Å². The fraction of sp³-hybridized carbons (Fsp3) is 0.154. The molecule has 1 heterocycles. The van der Waals surface area contributed by atoms with E-state index in [1.165, 1.54) is 0 Å². The predicted octanol–water partition coefficient (Wildman–Crippen LogP) is 3.46. The number of aromatic nitrogens is 1. The van der Waals surface area contributed by atoms with Gasteiger partial charge in [0.2, 0.25) is 0 Å². The second-order valence-corrected chi connectivity index (χ2v) is 4.03. The minimum absolute atomic E-state index is 0.454. The Kier molecular flexibility index (Phi) is 3.71. The maximum atomic E-state index is 13.5. The van der Waals surface area contributed by atoms with Gasteiger partial charge in [-0.3, -0.25) is 4.98 Å². The van der Waals surface area contributed by atoms with E-state index in [9.17, 15) is 27.1 Å². The first kappa shape index (κ1) is 14.4. The van der Waals surface area contributed by atoms with E-state index in [2.05, 4.69) is 4.98 Å². The first-order chi connectivity index (χ1) is 9.30. The third-order valence-electron chi connectivity index (χ3n) is 2.71. The number of aliphatic hydroxyl groups is 1. The third kappa shape index (κ3) is 2.77. The summed E-state index contributed by atoms with van der Waals surface area (Å²) in [6, 6.07) is 2.91. The second-order valence-electron chi connectivity index (χ2n) is 4.03. The number of alkyl halides is 3. The molecule has 0 radical (unpaired) electrons. The van der Waals surface area contributed by atoms with Crippen molar-refractivity contribution in [3.05, 3.63) is 65.0 Å². The summed E-state index contributed by atoms with van der Waals surface area (Å²) in [5.41, 5.74) is -2.17. The zero-order valence-electron chi connectivity index (χ0n) is 9.83. The Hall–Kier alpha value is -2.02. The van der Waals surface area contributed by atoms with Gasteiger partial charge < -0.3 is 5.11 Å². The second kappa shape index (κ2) is 5.16. The third-order valence-corrected chi connectivity index (χ3v) is 2.71. The summed E-state index contributed by atoms with van der Waals surface area (Å²) in [6.07, 6.45) is -4.88. The summed E-state index contributed by atoms with van der Waals surface area (Å²) in [6.45, 7) is 0. The lowest BCUT2D eigenvalue weighted by Crippen LogP contribution is -2.14. The summed E-state index contributed by atoms with van der Waals surface area (Å²) in [4.78, 5) is 3.50. The fourth-order valence-corrected chi connectivity index (χ4v) is 1.77. The molecule has 2 aromatic rings. The van der Waals surface area contributed by atoms with Gasteiger partial charge in [-0.15, -0.1) is 0 Å². The van der Waals surface area contributed by atoms with Gasteiger partial charge >= 0.3 is 6.18 Å². The molecule has 0 saturated carbocycles. The number of benzene rings is 1. The minimum Gasteiger partial charge on any atom is -0.383 e. The van der Waals surface area contributed by atoms with Gasteiger partial charge in [-0.1, -0.05) is 6.07 Å². The Morgan fingerprint density at radius 3 is 2.35 bits per heavy atom. The van der Waals surface area contributed by atoms with E-state index < -0.39 is 40.6 Å². The lowest BCUT2D eigenvalue weighted by molar-refractivity contribution is -0.139. The van der Waals surface area contributed by atoms with E-state index in [1.807, 2.05) is 0 Å². The van der Waals surface area contributed by atoms with Crippen molar-refractivity contribution in [2.75, 3.05) is 0 Å². The van der Waals surface area contributed by atoms with Crippen LogP contribution in [0.5, 0.6) is 0 Å². The molecule has 0 saturated heterocycles. The van der Waals surface area contributed by atoms with Gasteiger partial charge in [0.15, 0.2) is 0 Å². The molecule has 1 aromatic heterocycles. The summed E-state index contributed by atoms with van der Waals surface area (Å²) in [7, 11) is 0. The van der Waals surface area contributed by atoms with Gasteiger partial charge in [0.1, 0.15) is 17.7 Å². The molecule has 20 heavy (non-hydrogen) atoms. The number of rotatable bonds is 2. The lowest BCUT2D eigenvalue weighted by Gasteiger charge is -2.17. The number of hydrogen-bond donors (Lipinski definition) is 1. The van der Waals surface area contributed by atoms with E-state index in [4.69, 9.17) is 0 Å². The molecule has 0 fully saturated rings. The number of hydrogen-bond acceptors (Lipinski definition) is 2. The summed E-state index contributed by atoms with van der Waals surface area (Å²) in [5, 5.41) is 9.91. The Labute approximate surface area is 110 Å². The molecule has 106 valence electrons. The van der Waals surface area contributed by atoms with Crippen LogP contribution in [0, 0.1) is 11.6 Å². The molecule has 1 N–H and O–H groups in total. The van der Waals surface area contributed by atoms with Crippen LogP contribution < -0.4 is 0 Å². The molecule has 2 rings (SSSR count). The fourth-order valence-electron chi connectivity index (χ4n) is 1.77. The predicted molar refractivity (Wildman–Crippen MR) is 59.7 cm³/mol. The summed E-state index contributed by atoms with van der Waals surface area (Å²) in [5.74, 6) is -2.02. The standard InChI is InChI=1S/C13H8F5NO/c14-7-1-2-8(11(15)5-7)12(20)9-6-19-4-3-10(9)13(16,17)18/h1-6,12,20H.